The number of carbonyl (C=O) groups is 1. The second kappa shape index (κ2) is 5.33. The van der Waals surface area contributed by atoms with E-state index < -0.39 is 0 Å². The third kappa shape index (κ3) is 2.68. The van der Waals surface area contributed by atoms with Gasteiger partial charge >= 0.3 is 0 Å². The summed E-state index contributed by atoms with van der Waals surface area (Å²) in [4.78, 5) is 17.9. The molecular formula is C11H14ClN3O2. The minimum Gasteiger partial charge on any atom is -0.480 e. The van der Waals surface area contributed by atoms with Gasteiger partial charge in [-0.25, -0.2) is 4.98 Å². The van der Waals surface area contributed by atoms with Gasteiger partial charge in [0, 0.05) is 32.4 Å². The van der Waals surface area contributed by atoms with Crippen molar-refractivity contribution in [1.82, 2.24) is 15.2 Å². The molecule has 0 saturated carbocycles. The van der Waals surface area contributed by atoms with Gasteiger partial charge in [-0.2, -0.15) is 0 Å². The van der Waals surface area contributed by atoms with Crippen molar-refractivity contribution in [3.8, 4) is 5.88 Å². The molecule has 17 heavy (non-hydrogen) atoms. The van der Waals surface area contributed by atoms with Gasteiger partial charge in [0.05, 0.1) is 12.7 Å². The highest BCUT2D eigenvalue weighted by Gasteiger charge is 2.19. The van der Waals surface area contributed by atoms with Gasteiger partial charge in [0.1, 0.15) is 5.02 Å². The molecule has 1 N–H and O–H groups in total. The lowest BCUT2D eigenvalue weighted by Gasteiger charge is -2.27. The molecule has 0 spiro atoms. The van der Waals surface area contributed by atoms with E-state index in [4.69, 9.17) is 16.3 Å². The summed E-state index contributed by atoms with van der Waals surface area (Å²) in [6, 6.07) is 1.59. The Hall–Kier alpha value is -1.33. The maximum atomic E-state index is 12.1. The fourth-order valence-electron chi connectivity index (χ4n) is 1.74. The van der Waals surface area contributed by atoms with Gasteiger partial charge in [-0.1, -0.05) is 11.6 Å². The Morgan fingerprint density at radius 3 is 2.82 bits per heavy atom. The molecule has 1 fully saturated rings. The molecule has 2 heterocycles. The Kier molecular flexibility index (Phi) is 3.81. The summed E-state index contributed by atoms with van der Waals surface area (Å²) in [5.74, 6) is 0.298. The third-order valence-electron chi connectivity index (χ3n) is 2.65. The molecule has 0 aliphatic carbocycles. The van der Waals surface area contributed by atoms with Crippen LogP contribution in [0.2, 0.25) is 5.02 Å². The van der Waals surface area contributed by atoms with Crippen LogP contribution < -0.4 is 10.1 Å². The van der Waals surface area contributed by atoms with Crippen LogP contribution >= 0.6 is 11.6 Å². The van der Waals surface area contributed by atoms with Gasteiger partial charge in [-0.15, -0.1) is 0 Å². The van der Waals surface area contributed by atoms with Gasteiger partial charge in [0.25, 0.3) is 5.91 Å². The molecule has 0 atom stereocenters. The first-order chi connectivity index (χ1) is 8.22. The second-order valence-corrected chi connectivity index (χ2v) is 4.16. The highest BCUT2D eigenvalue weighted by Crippen LogP contribution is 2.22. The highest BCUT2D eigenvalue weighted by atomic mass is 35.5. The SMILES string of the molecule is COc1ncc(C(=O)N2CCNCC2)cc1Cl. The fraction of sp³-hybridized carbons (Fsp3) is 0.455. The number of hydrogen-bond acceptors (Lipinski definition) is 4. The minimum atomic E-state index is -0.0384. The monoisotopic (exact) mass is 255 g/mol. The van der Waals surface area contributed by atoms with Crippen molar-refractivity contribution in [3.63, 3.8) is 0 Å². The Morgan fingerprint density at radius 1 is 1.53 bits per heavy atom. The first-order valence-corrected chi connectivity index (χ1v) is 5.79. The zero-order chi connectivity index (χ0) is 12.3. The normalized spacial score (nSPS) is 15.8. The van der Waals surface area contributed by atoms with E-state index in [9.17, 15) is 4.79 Å². The van der Waals surface area contributed by atoms with Gasteiger partial charge in [0.15, 0.2) is 0 Å². The van der Waals surface area contributed by atoms with Crippen LogP contribution in [0.5, 0.6) is 5.88 Å². The van der Waals surface area contributed by atoms with Crippen molar-refractivity contribution in [2.24, 2.45) is 0 Å². The molecule has 1 aromatic heterocycles. The van der Waals surface area contributed by atoms with Crippen molar-refractivity contribution < 1.29 is 9.53 Å². The van der Waals surface area contributed by atoms with Crippen molar-refractivity contribution in [1.29, 1.82) is 0 Å². The number of aromatic nitrogens is 1. The Balaban J connectivity index is 2.16. The quantitative estimate of drug-likeness (QED) is 0.849. The number of halogens is 1. The first kappa shape index (κ1) is 12.1. The number of hydrogen-bond donors (Lipinski definition) is 1. The smallest absolute Gasteiger partial charge is 0.255 e. The van der Waals surface area contributed by atoms with Crippen LogP contribution in [0.3, 0.4) is 0 Å². The summed E-state index contributed by atoms with van der Waals surface area (Å²) in [7, 11) is 1.49. The number of carbonyl (C=O) groups excluding carboxylic acids is 1. The first-order valence-electron chi connectivity index (χ1n) is 5.42. The van der Waals surface area contributed by atoms with Crippen molar-refractivity contribution in [2.45, 2.75) is 0 Å². The lowest BCUT2D eigenvalue weighted by Crippen LogP contribution is -2.46. The lowest BCUT2D eigenvalue weighted by molar-refractivity contribution is 0.0735. The van der Waals surface area contributed by atoms with Gasteiger partial charge in [0.2, 0.25) is 5.88 Å². The number of nitrogens with one attached hydrogen (secondary N) is 1. The number of rotatable bonds is 2. The molecule has 0 unspecified atom stereocenters. The van der Waals surface area contributed by atoms with Crippen molar-refractivity contribution in [2.75, 3.05) is 33.3 Å². The van der Waals surface area contributed by atoms with E-state index in [1.54, 1.807) is 11.0 Å². The fourth-order valence-corrected chi connectivity index (χ4v) is 1.99. The molecular weight excluding hydrogens is 242 g/mol. The van der Waals surface area contributed by atoms with Crippen LogP contribution in [0.15, 0.2) is 12.3 Å². The maximum Gasteiger partial charge on any atom is 0.255 e. The molecule has 92 valence electrons. The third-order valence-corrected chi connectivity index (χ3v) is 2.92. The Bertz CT molecular complexity index is 419. The lowest BCUT2D eigenvalue weighted by atomic mass is 10.2. The molecule has 5 nitrogen and oxygen atoms in total. The average Bonchev–Trinajstić information content (AvgIpc) is 2.39. The van der Waals surface area contributed by atoms with Crippen LogP contribution in [0.1, 0.15) is 10.4 Å². The maximum absolute atomic E-state index is 12.1. The largest absolute Gasteiger partial charge is 0.480 e. The molecule has 2 rings (SSSR count). The number of amides is 1. The summed E-state index contributed by atoms with van der Waals surface area (Å²) in [6.45, 7) is 3.07. The molecule has 0 aromatic carbocycles. The zero-order valence-electron chi connectivity index (χ0n) is 9.57. The Labute approximate surface area is 105 Å². The van der Waals surface area contributed by atoms with Crippen LogP contribution in [-0.4, -0.2) is 49.1 Å². The van der Waals surface area contributed by atoms with E-state index in [0.29, 0.717) is 29.6 Å². The molecule has 0 radical (unpaired) electrons. The number of nitrogens with zero attached hydrogens (tertiary/aromatic N) is 2. The summed E-state index contributed by atoms with van der Waals surface area (Å²) in [5, 5.41) is 3.55. The molecule has 6 heteroatoms. The number of pyridine rings is 1. The van der Waals surface area contributed by atoms with E-state index in [2.05, 4.69) is 10.3 Å². The molecule has 1 aliphatic rings. The predicted molar refractivity (Wildman–Crippen MR) is 64.6 cm³/mol. The van der Waals surface area contributed by atoms with Crippen LogP contribution in [-0.2, 0) is 0 Å². The highest BCUT2D eigenvalue weighted by molar-refractivity contribution is 6.32. The van der Waals surface area contributed by atoms with E-state index in [1.807, 2.05) is 0 Å². The average molecular weight is 256 g/mol. The molecule has 0 bridgehead atoms. The van der Waals surface area contributed by atoms with Crippen LogP contribution in [0, 0.1) is 0 Å². The topological polar surface area (TPSA) is 54.5 Å². The molecule has 1 aromatic rings. The van der Waals surface area contributed by atoms with Crippen molar-refractivity contribution in [3.05, 3.63) is 22.8 Å². The standard InChI is InChI=1S/C11H14ClN3O2/c1-17-10-9(12)6-8(7-14-10)11(16)15-4-2-13-3-5-15/h6-7,13H,2-5H2,1H3. The molecule has 1 amide bonds. The second-order valence-electron chi connectivity index (χ2n) is 3.76. The van der Waals surface area contributed by atoms with Crippen LogP contribution in [0.25, 0.3) is 0 Å². The number of piperazine rings is 1. The molecule has 1 aliphatic heterocycles. The molecule has 1 saturated heterocycles. The van der Waals surface area contributed by atoms with Crippen LogP contribution in [0.4, 0.5) is 0 Å². The van der Waals surface area contributed by atoms with E-state index in [0.717, 1.165) is 13.1 Å². The van der Waals surface area contributed by atoms with Crippen molar-refractivity contribution >= 4 is 17.5 Å². The number of methoxy groups -OCH3 is 1. The van der Waals surface area contributed by atoms with Gasteiger partial charge in [-0.3, -0.25) is 4.79 Å². The van der Waals surface area contributed by atoms with Gasteiger partial charge in [-0.05, 0) is 6.07 Å². The van der Waals surface area contributed by atoms with E-state index in [1.165, 1.54) is 13.3 Å². The number of ether oxygens (including phenoxy) is 1. The zero-order valence-corrected chi connectivity index (χ0v) is 10.3. The minimum absolute atomic E-state index is 0.0384. The van der Waals surface area contributed by atoms with E-state index in [-0.39, 0.29) is 5.91 Å². The summed E-state index contributed by atoms with van der Waals surface area (Å²) in [6.07, 6.45) is 1.50. The predicted octanol–water partition coefficient (Wildman–Crippen LogP) is 0.789. The summed E-state index contributed by atoms with van der Waals surface area (Å²) < 4.78 is 4.95. The summed E-state index contributed by atoms with van der Waals surface area (Å²) in [5.41, 5.74) is 0.498. The Morgan fingerprint density at radius 2 is 2.24 bits per heavy atom. The summed E-state index contributed by atoms with van der Waals surface area (Å²) >= 11 is 5.94. The van der Waals surface area contributed by atoms with E-state index >= 15 is 0 Å². The van der Waals surface area contributed by atoms with Gasteiger partial charge < -0.3 is 15.0 Å².